The van der Waals surface area contributed by atoms with Crippen LogP contribution in [-0.2, 0) is 9.53 Å². The van der Waals surface area contributed by atoms with Gasteiger partial charge in [0, 0.05) is 3.57 Å². The van der Waals surface area contributed by atoms with Crippen molar-refractivity contribution >= 4 is 62.1 Å². The van der Waals surface area contributed by atoms with Gasteiger partial charge in [-0.2, -0.15) is 0 Å². The number of halogens is 1. The number of hydrogen-bond donors (Lipinski definition) is 0. The molecule has 134 valence electrons. The Bertz CT molecular complexity index is 1270. The summed E-state index contributed by atoms with van der Waals surface area (Å²) in [6.45, 7) is 0. The van der Waals surface area contributed by atoms with Crippen molar-refractivity contribution in [3.05, 3.63) is 99.3 Å². The van der Waals surface area contributed by atoms with Gasteiger partial charge in [0.25, 0.3) is 0 Å². The summed E-state index contributed by atoms with van der Waals surface area (Å²) in [6, 6.07) is 26.2. The fourth-order valence-corrected chi connectivity index (χ4v) is 4.12. The Hall–Kier alpha value is -2.99. The van der Waals surface area contributed by atoms with Crippen LogP contribution >= 0.6 is 22.6 Å². The average Bonchev–Trinajstić information content (AvgIpc) is 3.08. The Morgan fingerprint density at radius 1 is 0.821 bits per heavy atom. The van der Waals surface area contributed by atoms with Crippen LogP contribution in [0.1, 0.15) is 11.1 Å². The minimum absolute atomic E-state index is 0.316. The second-order valence-corrected chi connectivity index (χ2v) is 7.71. The Morgan fingerprint density at radius 2 is 1.43 bits per heavy atom. The van der Waals surface area contributed by atoms with E-state index >= 15 is 0 Å². The van der Waals surface area contributed by atoms with E-state index in [9.17, 15) is 4.79 Å². The molecule has 0 atom stereocenters. The van der Waals surface area contributed by atoms with Crippen molar-refractivity contribution < 1.29 is 9.53 Å². The molecule has 5 rings (SSSR count). The Kier molecular flexibility index (Phi) is 4.20. The van der Waals surface area contributed by atoms with Crippen molar-refractivity contribution in [2.24, 2.45) is 4.99 Å². The molecule has 4 aromatic rings. The number of esters is 1. The van der Waals surface area contributed by atoms with Crippen molar-refractivity contribution in [3.8, 4) is 0 Å². The molecule has 0 aromatic heterocycles. The molecule has 1 aliphatic rings. The third-order valence-corrected chi connectivity index (χ3v) is 5.76. The lowest BCUT2D eigenvalue weighted by Gasteiger charge is -2.08. The first kappa shape index (κ1) is 17.1. The molecule has 0 N–H and O–H groups in total. The van der Waals surface area contributed by atoms with E-state index in [-0.39, 0.29) is 0 Å². The number of carbonyl (C=O) groups excluding carboxylic acids is 1. The quantitative estimate of drug-likeness (QED) is 0.156. The summed E-state index contributed by atoms with van der Waals surface area (Å²) in [7, 11) is 0. The first-order valence-corrected chi connectivity index (χ1v) is 9.96. The smallest absolute Gasteiger partial charge is 0.363 e. The summed E-state index contributed by atoms with van der Waals surface area (Å²) in [4.78, 5) is 17.0. The highest BCUT2D eigenvalue weighted by Crippen LogP contribution is 2.31. The van der Waals surface area contributed by atoms with E-state index in [1.165, 1.54) is 0 Å². The first-order valence-electron chi connectivity index (χ1n) is 8.89. The number of rotatable bonds is 2. The third-order valence-electron chi connectivity index (χ3n) is 4.82. The molecule has 3 nitrogen and oxygen atoms in total. The van der Waals surface area contributed by atoms with Crippen molar-refractivity contribution in [2.75, 3.05) is 0 Å². The predicted octanol–water partition coefficient (Wildman–Crippen LogP) is 5.94. The number of hydrogen-bond acceptors (Lipinski definition) is 3. The van der Waals surface area contributed by atoms with Gasteiger partial charge in [-0.1, -0.05) is 60.7 Å². The van der Waals surface area contributed by atoms with Gasteiger partial charge in [-0.3, -0.25) is 0 Å². The van der Waals surface area contributed by atoms with Crippen LogP contribution in [0.15, 0.2) is 89.6 Å². The Morgan fingerprint density at radius 3 is 2.11 bits per heavy atom. The predicted molar refractivity (Wildman–Crippen MR) is 121 cm³/mol. The topological polar surface area (TPSA) is 38.7 Å². The number of nitrogens with zero attached hydrogens (tertiary/aromatic N) is 1. The monoisotopic (exact) mass is 475 g/mol. The number of aliphatic imine (C=N–C) groups is 1. The molecule has 28 heavy (non-hydrogen) atoms. The van der Waals surface area contributed by atoms with Gasteiger partial charge in [-0.15, -0.1) is 0 Å². The molecule has 0 amide bonds. The summed E-state index contributed by atoms with van der Waals surface area (Å²) in [5, 5.41) is 4.42. The maximum Gasteiger partial charge on any atom is 0.363 e. The van der Waals surface area contributed by atoms with Crippen molar-refractivity contribution in [2.45, 2.75) is 0 Å². The minimum atomic E-state index is -0.424. The Labute approximate surface area is 175 Å². The average molecular weight is 475 g/mol. The third kappa shape index (κ3) is 2.90. The number of fused-ring (bicyclic) bond motifs is 2. The van der Waals surface area contributed by atoms with Gasteiger partial charge < -0.3 is 4.74 Å². The molecule has 1 aliphatic heterocycles. The summed E-state index contributed by atoms with van der Waals surface area (Å²) in [5.74, 6) is -0.0718. The highest BCUT2D eigenvalue weighted by Gasteiger charge is 2.25. The SMILES string of the molecule is O=C1OC(c2ccccc2I)=N/C1=C/c1c2ccccc2cc2ccccc12. The van der Waals surface area contributed by atoms with E-state index < -0.39 is 5.97 Å². The zero-order chi connectivity index (χ0) is 19.1. The van der Waals surface area contributed by atoms with Gasteiger partial charge in [0.2, 0.25) is 5.90 Å². The number of benzene rings is 4. The fourth-order valence-electron chi connectivity index (χ4n) is 3.50. The van der Waals surface area contributed by atoms with E-state index in [0.717, 1.165) is 36.2 Å². The number of ether oxygens (including phenoxy) is 1. The summed E-state index contributed by atoms with van der Waals surface area (Å²) in [6.07, 6.45) is 1.84. The molecule has 0 unspecified atom stereocenters. The molecule has 0 radical (unpaired) electrons. The summed E-state index contributed by atoms with van der Waals surface area (Å²) < 4.78 is 6.46. The minimum Gasteiger partial charge on any atom is -0.402 e. The van der Waals surface area contributed by atoms with Crippen LogP contribution in [0.4, 0.5) is 0 Å². The number of cyclic esters (lactones) is 1. The summed E-state index contributed by atoms with van der Waals surface area (Å²) in [5.41, 5.74) is 2.12. The molecule has 0 aliphatic carbocycles. The molecular weight excluding hydrogens is 461 g/mol. The van der Waals surface area contributed by atoms with Crippen molar-refractivity contribution in [1.29, 1.82) is 0 Å². The standard InChI is InChI=1S/C24H14INO2/c25-21-12-6-5-11-19(21)23-26-22(24(27)28-23)14-20-17-9-3-1-7-15(17)13-16-8-2-4-10-18(16)20/h1-14H/b22-14+. The van der Waals surface area contributed by atoms with Gasteiger partial charge in [0.15, 0.2) is 5.70 Å². The molecule has 0 fully saturated rings. The van der Waals surface area contributed by atoms with Gasteiger partial charge in [-0.25, -0.2) is 9.79 Å². The van der Waals surface area contributed by atoms with E-state index in [4.69, 9.17) is 4.74 Å². The largest absolute Gasteiger partial charge is 0.402 e. The van der Waals surface area contributed by atoms with Crippen LogP contribution in [0.2, 0.25) is 0 Å². The van der Waals surface area contributed by atoms with Gasteiger partial charge in [0.05, 0.1) is 5.56 Å². The molecular formula is C24H14INO2. The number of carbonyl (C=O) groups is 1. The van der Waals surface area contributed by atoms with Crippen LogP contribution in [0, 0.1) is 3.57 Å². The van der Waals surface area contributed by atoms with Gasteiger partial charge in [0.1, 0.15) is 0 Å². The van der Waals surface area contributed by atoms with E-state index in [2.05, 4.69) is 57.9 Å². The lowest BCUT2D eigenvalue weighted by molar-refractivity contribution is -0.129. The van der Waals surface area contributed by atoms with Crippen LogP contribution in [0.5, 0.6) is 0 Å². The molecule has 4 heteroatoms. The molecule has 0 saturated heterocycles. The highest BCUT2D eigenvalue weighted by atomic mass is 127. The van der Waals surface area contributed by atoms with E-state index in [1.54, 1.807) is 0 Å². The van der Waals surface area contributed by atoms with E-state index in [0.29, 0.717) is 11.6 Å². The molecule has 0 bridgehead atoms. The molecule has 0 spiro atoms. The van der Waals surface area contributed by atoms with Crippen LogP contribution < -0.4 is 0 Å². The normalized spacial score (nSPS) is 15.2. The zero-order valence-corrected chi connectivity index (χ0v) is 16.9. The lowest BCUT2D eigenvalue weighted by Crippen LogP contribution is -2.06. The van der Waals surface area contributed by atoms with Gasteiger partial charge in [-0.05, 0) is 74.0 Å². The maximum atomic E-state index is 12.5. The second kappa shape index (κ2) is 6.87. The highest BCUT2D eigenvalue weighted by molar-refractivity contribution is 14.1. The van der Waals surface area contributed by atoms with Crippen LogP contribution in [-0.4, -0.2) is 11.9 Å². The second-order valence-electron chi connectivity index (χ2n) is 6.55. The van der Waals surface area contributed by atoms with E-state index in [1.807, 2.05) is 54.6 Å². The zero-order valence-electron chi connectivity index (χ0n) is 14.7. The van der Waals surface area contributed by atoms with Crippen LogP contribution in [0.3, 0.4) is 0 Å². The lowest BCUT2D eigenvalue weighted by atomic mass is 9.96. The van der Waals surface area contributed by atoms with Gasteiger partial charge >= 0.3 is 5.97 Å². The van der Waals surface area contributed by atoms with Crippen molar-refractivity contribution in [1.82, 2.24) is 0 Å². The van der Waals surface area contributed by atoms with Crippen molar-refractivity contribution in [3.63, 3.8) is 0 Å². The summed E-state index contributed by atoms with van der Waals surface area (Å²) >= 11 is 2.22. The molecule has 0 saturated carbocycles. The molecule has 4 aromatic carbocycles. The van der Waals surface area contributed by atoms with Crippen LogP contribution in [0.25, 0.3) is 27.6 Å². The first-order chi connectivity index (χ1) is 13.7. The Balaban J connectivity index is 1.73. The maximum absolute atomic E-state index is 12.5. The fraction of sp³-hybridized carbons (Fsp3) is 0. The molecule has 1 heterocycles.